The Morgan fingerprint density at radius 1 is 0.265 bits per heavy atom. The van der Waals surface area contributed by atoms with Gasteiger partial charge in [-0.2, -0.15) is 0 Å². The van der Waals surface area contributed by atoms with Crippen molar-refractivity contribution in [2.24, 2.45) is 0 Å². The molecule has 16 rings (SSSR count). The molecule has 0 spiro atoms. The molecule has 2 heteroatoms. The summed E-state index contributed by atoms with van der Waals surface area (Å²) in [5, 5.41) is 7.50. The van der Waals surface area contributed by atoms with Crippen molar-refractivity contribution >= 4 is 66.4 Å². The molecule has 402 valence electrons. The summed E-state index contributed by atoms with van der Waals surface area (Å²) < 4.78 is 0. The highest BCUT2D eigenvalue weighted by atomic mass is 15.2. The van der Waals surface area contributed by atoms with Gasteiger partial charge in [-0.3, -0.25) is 0 Å². The monoisotopic (exact) mass is 1070 g/mol. The predicted octanol–water partition coefficient (Wildman–Crippen LogP) is 22.5. The van der Waals surface area contributed by atoms with E-state index >= 15 is 0 Å². The second-order valence-electron chi connectivity index (χ2n) is 25.8. The van der Waals surface area contributed by atoms with Crippen LogP contribution in [0.3, 0.4) is 0 Å². The van der Waals surface area contributed by atoms with E-state index in [2.05, 4.69) is 302 Å². The number of nitrogens with zero attached hydrogens (tertiary/aromatic N) is 2. The lowest BCUT2D eigenvalue weighted by atomic mass is 9.71. The van der Waals surface area contributed by atoms with Crippen molar-refractivity contribution in [1.29, 1.82) is 0 Å². The quantitative estimate of drug-likeness (QED) is 0.162. The van der Waals surface area contributed by atoms with E-state index in [9.17, 15) is 0 Å². The molecule has 0 saturated carbocycles. The zero-order valence-corrected chi connectivity index (χ0v) is 49.1. The average Bonchev–Trinajstić information content (AvgIpc) is 1.83. The topological polar surface area (TPSA) is 6.48 Å². The molecule has 12 aromatic rings. The van der Waals surface area contributed by atoms with Gasteiger partial charge in [-0.15, -0.1) is 6.58 Å². The molecule has 0 saturated heterocycles. The SMILES string of the molecule is C=CC.CC1(C)c2cc(-c3ccc4cc(-c5ccc6c(c5)C(C)(C)c5cc7c(cc5-6)N(c5ccc6ccccc6c5)c5ccccc5C7(C)C)ccc4c3)ccc2-c2cc3c(cc21)N(c1ccc2ccccc2c1)c1ccccc1C3(C)C. The number of fused-ring (bicyclic) bond motifs is 13. The van der Waals surface area contributed by atoms with Crippen LogP contribution in [0, 0.1) is 0 Å². The van der Waals surface area contributed by atoms with Crippen molar-refractivity contribution in [3.05, 3.63) is 288 Å². The Balaban J connectivity index is 0.00000192. The lowest BCUT2D eigenvalue weighted by Crippen LogP contribution is -2.31. The lowest BCUT2D eigenvalue weighted by Gasteiger charge is -2.43. The van der Waals surface area contributed by atoms with Gasteiger partial charge in [0.25, 0.3) is 0 Å². The van der Waals surface area contributed by atoms with Crippen molar-refractivity contribution in [3.8, 4) is 44.5 Å². The van der Waals surface area contributed by atoms with Crippen molar-refractivity contribution in [2.75, 3.05) is 9.80 Å². The van der Waals surface area contributed by atoms with Crippen molar-refractivity contribution in [2.45, 2.75) is 84.0 Å². The molecule has 2 heterocycles. The van der Waals surface area contributed by atoms with E-state index < -0.39 is 0 Å². The first kappa shape index (κ1) is 50.7. The number of allylic oxidation sites excluding steroid dienone is 1. The molecule has 2 aliphatic carbocycles. The van der Waals surface area contributed by atoms with Crippen LogP contribution >= 0.6 is 0 Å². The van der Waals surface area contributed by atoms with Gasteiger partial charge in [-0.25, -0.2) is 0 Å². The van der Waals surface area contributed by atoms with Crippen molar-refractivity contribution < 1.29 is 0 Å². The number of rotatable bonds is 4. The van der Waals surface area contributed by atoms with Crippen LogP contribution in [0.4, 0.5) is 34.1 Å². The Bertz CT molecular complexity index is 4730. The summed E-state index contributed by atoms with van der Waals surface area (Å²) >= 11 is 0. The average molecular weight is 1070 g/mol. The Hall–Kier alpha value is -9.24. The van der Waals surface area contributed by atoms with Crippen LogP contribution in [0.5, 0.6) is 0 Å². The molecule has 2 nitrogen and oxygen atoms in total. The second kappa shape index (κ2) is 18.1. The molecule has 83 heavy (non-hydrogen) atoms. The Morgan fingerprint density at radius 3 is 1.10 bits per heavy atom. The molecule has 0 N–H and O–H groups in total. The maximum Gasteiger partial charge on any atom is 0.0509 e. The minimum atomic E-state index is -0.205. The molecule has 0 atom stereocenters. The van der Waals surface area contributed by atoms with E-state index in [4.69, 9.17) is 0 Å². The minimum absolute atomic E-state index is 0.186. The van der Waals surface area contributed by atoms with Gasteiger partial charge in [0.1, 0.15) is 0 Å². The van der Waals surface area contributed by atoms with Gasteiger partial charge < -0.3 is 9.80 Å². The summed E-state index contributed by atoms with van der Waals surface area (Å²) in [4.78, 5) is 5.03. The molecule has 2 aliphatic heterocycles. The Kier molecular flexibility index (Phi) is 11.1. The number of benzene rings is 12. The van der Waals surface area contributed by atoms with Crippen LogP contribution < -0.4 is 9.80 Å². The first-order chi connectivity index (χ1) is 40.1. The van der Waals surface area contributed by atoms with Gasteiger partial charge >= 0.3 is 0 Å². The summed E-state index contributed by atoms with van der Waals surface area (Å²) in [5.74, 6) is 0. The smallest absolute Gasteiger partial charge is 0.0509 e. The van der Waals surface area contributed by atoms with Crippen LogP contribution in [-0.4, -0.2) is 0 Å². The van der Waals surface area contributed by atoms with Crippen LogP contribution in [0.25, 0.3) is 76.8 Å². The normalized spacial score (nSPS) is 15.7. The second-order valence-corrected chi connectivity index (χ2v) is 25.8. The third kappa shape index (κ3) is 7.48. The maximum atomic E-state index is 3.36. The minimum Gasteiger partial charge on any atom is -0.310 e. The molecule has 4 aliphatic rings. The van der Waals surface area contributed by atoms with E-state index in [1.54, 1.807) is 6.08 Å². The summed E-state index contributed by atoms with van der Waals surface area (Å²) in [6.07, 6.45) is 1.75. The van der Waals surface area contributed by atoms with E-state index in [0.717, 1.165) is 0 Å². The van der Waals surface area contributed by atoms with Gasteiger partial charge in [0.15, 0.2) is 0 Å². The summed E-state index contributed by atoms with van der Waals surface area (Å²) in [6, 6.07) is 87.9. The Morgan fingerprint density at radius 2 is 0.602 bits per heavy atom. The van der Waals surface area contributed by atoms with E-state index in [-0.39, 0.29) is 21.7 Å². The zero-order chi connectivity index (χ0) is 56.9. The molecule has 0 radical (unpaired) electrons. The van der Waals surface area contributed by atoms with E-state index in [1.165, 1.54) is 155 Å². The zero-order valence-electron chi connectivity index (χ0n) is 49.1. The first-order valence-electron chi connectivity index (χ1n) is 29.6. The first-order valence-corrected chi connectivity index (χ1v) is 29.6. The van der Waals surface area contributed by atoms with Crippen LogP contribution in [-0.2, 0) is 21.7 Å². The lowest BCUT2D eigenvalue weighted by molar-refractivity contribution is 0.620. The van der Waals surface area contributed by atoms with Gasteiger partial charge in [0.2, 0.25) is 0 Å². The molecular weight excluding hydrogens is 1000 g/mol. The number of hydrogen-bond donors (Lipinski definition) is 0. The number of anilines is 6. The summed E-state index contributed by atoms with van der Waals surface area (Å²) in [6.45, 7) is 24.6. The van der Waals surface area contributed by atoms with Crippen LogP contribution in [0.15, 0.2) is 243 Å². The third-order valence-corrected chi connectivity index (χ3v) is 19.5. The van der Waals surface area contributed by atoms with Gasteiger partial charge in [-0.1, -0.05) is 213 Å². The van der Waals surface area contributed by atoms with Crippen molar-refractivity contribution in [1.82, 2.24) is 0 Å². The van der Waals surface area contributed by atoms with Crippen LogP contribution in [0.2, 0.25) is 0 Å². The largest absolute Gasteiger partial charge is 0.310 e. The van der Waals surface area contributed by atoms with E-state index in [0.29, 0.717) is 0 Å². The molecule has 0 bridgehead atoms. The molecule has 0 amide bonds. The summed E-state index contributed by atoms with van der Waals surface area (Å²) in [5.41, 5.74) is 27.9. The van der Waals surface area contributed by atoms with Gasteiger partial charge in [0.05, 0.1) is 22.7 Å². The predicted molar refractivity (Wildman–Crippen MR) is 354 cm³/mol. The third-order valence-electron chi connectivity index (χ3n) is 19.5. The van der Waals surface area contributed by atoms with Crippen LogP contribution in [0.1, 0.15) is 107 Å². The van der Waals surface area contributed by atoms with Gasteiger partial charge in [-0.05, 0) is 207 Å². The van der Waals surface area contributed by atoms with Gasteiger partial charge in [0, 0.05) is 33.0 Å². The summed E-state index contributed by atoms with van der Waals surface area (Å²) in [7, 11) is 0. The fourth-order valence-electron chi connectivity index (χ4n) is 15.0. The standard InChI is InChI=1S/C78H62N2.C3H6/c1-75(2)63-21-13-16-24-72(63)80(58-34-30-48-18-10-12-20-50(48)40-58)74-46-68-61(43-69(74)75)59-35-31-55(41-65(59)78(68,7)8)53-27-25-52-38-54(28-26-51(52)37-53)56-32-36-60-62-44-73-70(45-67(62)77(5,6)66(60)42-56)76(3,4)64-22-14-15-23-71(64)79(73)57-33-29-47-17-9-11-19-49(47)39-57;1-3-2/h9-46H,1-8H3;3H,1H2,2H3. The molecule has 0 aromatic heterocycles. The molecular formula is C81H68N2. The fourth-order valence-corrected chi connectivity index (χ4v) is 15.0. The Labute approximate surface area is 489 Å². The highest BCUT2D eigenvalue weighted by Crippen LogP contribution is 2.60. The number of hydrogen-bond acceptors (Lipinski definition) is 2. The molecule has 12 aromatic carbocycles. The maximum absolute atomic E-state index is 3.36. The molecule has 0 unspecified atom stereocenters. The molecule has 0 fully saturated rings. The van der Waals surface area contributed by atoms with Crippen molar-refractivity contribution in [3.63, 3.8) is 0 Å². The number of para-hydroxylation sites is 2. The highest BCUT2D eigenvalue weighted by Gasteiger charge is 2.45. The van der Waals surface area contributed by atoms with E-state index in [1.807, 2.05) is 6.92 Å². The highest BCUT2D eigenvalue weighted by molar-refractivity contribution is 5.99. The fraction of sp³-hybridized carbons (Fsp3) is 0.160.